The average molecular weight is 350 g/mol. The van der Waals surface area contributed by atoms with Crippen molar-refractivity contribution in [2.45, 2.75) is 19.6 Å². The maximum absolute atomic E-state index is 10.4. The number of aromatic nitrogens is 2. The summed E-state index contributed by atoms with van der Waals surface area (Å²) in [5.74, 6) is 0. The zero-order valence-electron chi connectivity index (χ0n) is 9.57. The largest absolute Gasteiger partial charge is 0.382 e. The molecule has 0 aliphatic heterocycles. The lowest BCUT2D eigenvalue weighted by molar-refractivity contribution is 0.207. The number of aryl methyl sites for hydroxylation is 1. The molecule has 0 saturated heterocycles. The van der Waals surface area contributed by atoms with Crippen LogP contribution in [0.15, 0.2) is 28.9 Å². The summed E-state index contributed by atoms with van der Waals surface area (Å²) in [5, 5.41) is 15.6. The minimum absolute atomic E-state index is 0.496. The molecule has 96 valence electrons. The van der Waals surface area contributed by atoms with Crippen LogP contribution in [-0.4, -0.2) is 14.9 Å². The molecule has 0 saturated carbocycles. The van der Waals surface area contributed by atoms with Crippen LogP contribution in [0.2, 0.25) is 10.0 Å². The number of aliphatic hydroxyl groups excluding tert-OH is 1. The predicted molar refractivity (Wildman–Crippen MR) is 76.1 cm³/mol. The SMILES string of the molecule is CCn1ncc(Br)c1C(O)c1cc(Cl)cc(Cl)c1. The Balaban J connectivity index is 2.47. The molecule has 1 unspecified atom stereocenters. The molecule has 0 amide bonds. The van der Waals surface area contributed by atoms with Crippen LogP contribution in [0.3, 0.4) is 0 Å². The van der Waals surface area contributed by atoms with Crippen LogP contribution in [0.1, 0.15) is 24.3 Å². The molecule has 6 heteroatoms. The molecule has 0 aliphatic carbocycles. The quantitative estimate of drug-likeness (QED) is 0.907. The number of rotatable bonds is 3. The predicted octanol–water partition coefficient (Wildman–Crippen LogP) is 4.05. The minimum atomic E-state index is -0.821. The molecular formula is C12H11BrCl2N2O. The number of hydrogen-bond acceptors (Lipinski definition) is 2. The molecule has 1 N–H and O–H groups in total. The number of halogens is 3. The van der Waals surface area contributed by atoms with Gasteiger partial charge in [0.15, 0.2) is 0 Å². The van der Waals surface area contributed by atoms with Crippen LogP contribution in [0.5, 0.6) is 0 Å². The Labute approximate surface area is 123 Å². The molecule has 0 spiro atoms. The van der Waals surface area contributed by atoms with Crippen molar-refractivity contribution in [3.63, 3.8) is 0 Å². The highest BCUT2D eigenvalue weighted by molar-refractivity contribution is 9.10. The molecular weight excluding hydrogens is 339 g/mol. The van der Waals surface area contributed by atoms with Crippen LogP contribution in [0.25, 0.3) is 0 Å². The molecule has 3 nitrogen and oxygen atoms in total. The summed E-state index contributed by atoms with van der Waals surface area (Å²) in [4.78, 5) is 0. The molecule has 0 radical (unpaired) electrons. The van der Waals surface area contributed by atoms with E-state index in [-0.39, 0.29) is 0 Å². The van der Waals surface area contributed by atoms with Crippen molar-refractivity contribution in [2.75, 3.05) is 0 Å². The molecule has 1 atom stereocenters. The fourth-order valence-electron chi connectivity index (χ4n) is 1.79. The van der Waals surface area contributed by atoms with Gasteiger partial charge in [0.2, 0.25) is 0 Å². The standard InChI is InChI=1S/C12H11BrCl2N2O/c1-2-17-11(10(13)6-16-17)12(18)7-3-8(14)5-9(15)4-7/h3-6,12,18H,2H2,1H3. The molecule has 1 aromatic heterocycles. The third kappa shape index (κ3) is 2.72. The maximum atomic E-state index is 10.4. The third-order valence-electron chi connectivity index (χ3n) is 2.59. The second kappa shape index (κ2) is 5.61. The number of benzene rings is 1. The van der Waals surface area contributed by atoms with Crippen LogP contribution in [0, 0.1) is 0 Å². The van der Waals surface area contributed by atoms with Gasteiger partial charge in [-0.25, -0.2) is 0 Å². The van der Waals surface area contributed by atoms with Gasteiger partial charge in [0.05, 0.1) is 16.4 Å². The van der Waals surface area contributed by atoms with Crippen molar-refractivity contribution in [1.29, 1.82) is 0 Å². The Hall–Kier alpha value is -0.550. The molecule has 0 bridgehead atoms. The van der Waals surface area contributed by atoms with Gasteiger partial charge in [-0.05, 0) is 46.6 Å². The molecule has 0 aliphatic rings. The van der Waals surface area contributed by atoms with Gasteiger partial charge in [0.25, 0.3) is 0 Å². The summed E-state index contributed by atoms with van der Waals surface area (Å²) >= 11 is 15.3. The van der Waals surface area contributed by atoms with Crippen LogP contribution in [0.4, 0.5) is 0 Å². The van der Waals surface area contributed by atoms with Gasteiger partial charge in [-0.1, -0.05) is 23.2 Å². The maximum Gasteiger partial charge on any atom is 0.122 e. The van der Waals surface area contributed by atoms with Crippen molar-refractivity contribution in [3.8, 4) is 0 Å². The number of nitrogens with zero attached hydrogens (tertiary/aromatic N) is 2. The first-order chi connectivity index (χ1) is 8.52. The highest BCUT2D eigenvalue weighted by atomic mass is 79.9. The first-order valence-corrected chi connectivity index (χ1v) is 6.93. The highest BCUT2D eigenvalue weighted by Crippen LogP contribution is 2.31. The highest BCUT2D eigenvalue weighted by Gasteiger charge is 2.19. The topological polar surface area (TPSA) is 38.0 Å². The van der Waals surface area contributed by atoms with E-state index in [1.807, 2.05) is 6.92 Å². The van der Waals surface area contributed by atoms with Gasteiger partial charge in [-0.2, -0.15) is 5.10 Å². The van der Waals surface area contributed by atoms with Crippen LogP contribution in [-0.2, 0) is 6.54 Å². The van der Waals surface area contributed by atoms with Crippen molar-refractivity contribution in [2.24, 2.45) is 0 Å². The summed E-state index contributed by atoms with van der Waals surface area (Å²) in [6.07, 6.45) is 0.840. The van der Waals surface area contributed by atoms with Gasteiger partial charge in [-0.15, -0.1) is 0 Å². The Morgan fingerprint density at radius 1 is 1.33 bits per heavy atom. The lowest BCUT2D eigenvalue weighted by Gasteiger charge is -2.14. The second-order valence-electron chi connectivity index (χ2n) is 3.80. The first-order valence-electron chi connectivity index (χ1n) is 5.38. The molecule has 1 aromatic carbocycles. The van der Waals surface area contributed by atoms with Crippen molar-refractivity contribution in [1.82, 2.24) is 9.78 Å². The zero-order chi connectivity index (χ0) is 13.3. The summed E-state index contributed by atoms with van der Waals surface area (Å²) < 4.78 is 2.48. The fourth-order valence-corrected chi connectivity index (χ4v) is 2.84. The van der Waals surface area contributed by atoms with E-state index in [1.54, 1.807) is 29.1 Å². The normalized spacial score (nSPS) is 12.7. The molecule has 2 aromatic rings. The molecule has 0 fully saturated rings. The van der Waals surface area contributed by atoms with E-state index in [2.05, 4.69) is 21.0 Å². The lowest BCUT2D eigenvalue weighted by Crippen LogP contribution is -2.09. The second-order valence-corrected chi connectivity index (χ2v) is 5.53. The third-order valence-corrected chi connectivity index (χ3v) is 3.64. The summed E-state index contributed by atoms with van der Waals surface area (Å²) in [6.45, 7) is 2.63. The Morgan fingerprint density at radius 2 is 1.94 bits per heavy atom. The smallest absolute Gasteiger partial charge is 0.122 e. The number of aliphatic hydroxyl groups is 1. The van der Waals surface area contributed by atoms with E-state index in [0.29, 0.717) is 27.8 Å². The molecule has 2 rings (SSSR count). The summed E-state index contributed by atoms with van der Waals surface area (Å²) in [5.41, 5.74) is 1.33. The number of hydrogen-bond donors (Lipinski definition) is 1. The zero-order valence-corrected chi connectivity index (χ0v) is 12.7. The lowest BCUT2D eigenvalue weighted by atomic mass is 10.1. The van der Waals surface area contributed by atoms with E-state index in [0.717, 1.165) is 4.47 Å². The van der Waals surface area contributed by atoms with Crippen LogP contribution < -0.4 is 0 Å². The Bertz CT molecular complexity index is 551. The van der Waals surface area contributed by atoms with E-state index in [4.69, 9.17) is 23.2 Å². The van der Waals surface area contributed by atoms with Crippen molar-refractivity contribution >= 4 is 39.1 Å². The molecule has 18 heavy (non-hydrogen) atoms. The Kier molecular flexibility index (Phi) is 4.33. The molecule has 1 heterocycles. The van der Waals surface area contributed by atoms with Gasteiger partial charge in [0, 0.05) is 16.6 Å². The minimum Gasteiger partial charge on any atom is -0.382 e. The van der Waals surface area contributed by atoms with Crippen molar-refractivity contribution < 1.29 is 5.11 Å². The first kappa shape index (κ1) is 13.9. The van der Waals surface area contributed by atoms with E-state index >= 15 is 0 Å². The summed E-state index contributed by atoms with van der Waals surface area (Å²) in [7, 11) is 0. The van der Waals surface area contributed by atoms with Gasteiger partial charge in [-0.3, -0.25) is 4.68 Å². The monoisotopic (exact) mass is 348 g/mol. The average Bonchev–Trinajstić information content (AvgIpc) is 2.68. The van der Waals surface area contributed by atoms with Gasteiger partial charge in [0.1, 0.15) is 6.10 Å². The van der Waals surface area contributed by atoms with Crippen LogP contribution >= 0.6 is 39.1 Å². The van der Waals surface area contributed by atoms with Gasteiger partial charge >= 0.3 is 0 Å². The van der Waals surface area contributed by atoms with E-state index in [1.165, 1.54) is 0 Å². The summed E-state index contributed by atoms with van der Waals surface area (Å²) in [6, 6.07) is 5.01. The van der Waals surface area contributed by atoms with Crippen molar-refractivity contribution in [3.05, 3.63) is 50.2 Å². The van der Waals surface area contributed by atoms with E-state index in [9.17, 15) is 5.11 Å². The van der Waals surface area contributed by atoms with E-state index < -0.39 is 6.10 Å². The van der Waals surface area contributed by atoms with Gasteiger partial charge < -0.3 is 5.11 Å². The fraction of sp³-hybridized carbons (Fsp3) is 0.250. The Morgan fingerprint density at radius 3 is 2.50 bits per heavy atom.